The number of ether oxygens (including phenoxy) is 1. The number of nitrogens with zero attached hydrogens (tertiary/aromatic N) is 2. The standard InChI is InChI=1S/C19H16N2O3S/c1-24-19(23)12-10-17(22)21(11-12)15-8-4-2-6-13(15)18-20-14-7-3-5-9-16(14)25-18/h2-9,12H,10-11H2,1H3/t12-/m0/s1. The van der Waals surface area contributed by atoms with Crippen LogP contribution in [0.25, 0.3) is 20.8 Å². The molecule has 0 N–H and O–H groups in total. The van der Waals surface area contributed by atoms with Crippen molar-refractivity contribution in [1.29, 1.82) is 0 Å². The average Bonchev–Trinajstić information content (AvgIpc) is 3.24. The second-order valence-corrected chi connectivity index (χ2v) is 6.96. The number of amides is 1. The molecule has 0 aliphatic carbocycles. The number of anilines is 1. The molecule has 4 rings (SSSR count). The Balaban J connectivity index is 1.74. The lowest BCUT2D eigenvalue weighted by Crippen LogP contribution is -2.26. The van der Waals surface area contributed by atoms with Crippen LogP contribution in [0.3, 0.4) is 0 Å². The number of rotatable bonds is 3. The van der Waals surface area contributed by atoms with E-state index in [1.807, 2.05) is 48.5 Å². The van der Waals surface area contributed by atoms with Gasteiger partial charge in [0.25, 0.3) is 0 Å². The van der Waals surface area contributed by atoms with Crippen molar-refractivity contribution in [1.82, 2.24) is 4.98 Å². The van der Waals surface area contributed by atoms with Gasteiger partial charge in [0.2, 0.25) is 5.91 Å². The molecule has 3 aromatic rings. The summed E-state index contributed by atoms with van der Waals surface area (Å²) in [4.78, 5) is 30.6. The van der Waals surface area contributed by atoms with Crippen molar-refractivity contribution in [3.8, 4) is 10.6 Å². The van der Waals surface area contributed by atoms with E-state index in [0.717, 1.165) is 26.5 Å². The summed E-state index contributed by atoms with van der Waals surface area (Å²) in [6, 6.07) is 15.7. The highest BCUT2D eigenvalue weighted by Gasteiger charge is 2.36. The molecule has 1 fully saturated rings. The van der Waals surface area contributed by atoms with Crippen LogP contribution in [0.2, 0.25) is 0 Å². The van der Waals surface area contributed by atoms with E-state index in [1.54, 1.807) is 16.2 Å². The first-order valence-electron chi connectivity index (χ1n) is 8.00. The third kappa shape index (κ3) is 2.78. The summed E-state index contributed by atoms with van der Waals surface area (Å²) < 4.78 is 5.90. The van der Waals surface area contributed by atoms with E-state index in [0.29, 0.717) is 6.54 Å². The van der Waals surface area contributed by atoms with E-state index < -0.39 is 5.92 Å². The van der Waals surface area contributed by atoms with Crippen molar-refractivity contribution in [2.45, 2.75) is 6.42 Å². The summed E-state index contributed by atoms with van der Waals surface area (Å²) in [5.74, 6) is -0.821. The van der Waals surface area contributed by atoms with E-state index in [9.17, 15) is 9.59 Å². The van der Waals surface area contributed by atoms with Crippen molar-refractivity contribution in [3.05, 3.63) is 48.5 Å². The fraction of sp³-hybridized carbons (Fsp3) is 0.211. The lowest BCUT2D eigenvalue weighted by atomic mass is 10.1. The Morgan fingerprint density at radius 2 is 1.96 bits per heavy atom. The number of hydrogen-bond acceptors (Lipinski definition) is 5. The molecule has 0 saturated carbocycles. The Kier molecular flexibility index (Phi) is 3.97. The lowest BCUT2D eigenvalue weighted by Gasteiger charge is -2.19. The van der Waals surface area contributed by atoms with Crippen LogP contribution < -0.4 is 4.90 Å². The Labute approximate surface area is 148 Å². The molecule has 1 aromatic heterocycles. The van der Waals surface area contributed by atoms with Crippen LogP contribution >= 0.6 is 11.3 Å². The van der Waals surface area contributed by atoms with Crippen LogP contribution in [0.4, 0.5) is 5.69 Å². The predicted octanol–water partition coefficient (Wildman–Crippen LogP) is 3.49. The van der Waals surface area contributed by atoms with E-state index in [1.165, 1.54) is 7.11 Å². The molecule has 2 heterocycles. The van der Waals surface area contributed by atoms with Crippen LogP contribution in [-0.2, 0) is 14.3 Å². The smallest absolute Gasteiger partial charge is 0.311 e. The van der Waals surface area contributed by atoms with E-state index in [4.69, 9.17) is 9.72 Å². The second-order valence-electron chi connectivity index (χ2n) is 5.93. The quantitative estimate of drug-likeness (QED) is 0.677. The fourth-order valence-electron chi connectivity index (χ4n) is 3.14. The van der Waals surface area contributed by atoms with Crippen LogP contribution in [-0.4, -0.2) is 30.5 Å². The van der Waals surface area contributed by atoms with Crippen molar-refractivity contribution < 1.29 is 14.3 Å². The summed E-state index contributed by atoms with van der Waals surface area (Å²) in [6.45, 7) is 0.341. The number of hydrogen-bond donors (Lipinski definition) is 0. The van der Waals surface area contributed by atoms with Gasteiger partial charge < -0.3 is 9.64 Å². The molecule has 0 unspecified atom stereocenters. The van der Waals surface area contributed by atoms with Crippen molar-refractivity contribution in [2.75, 3.05) is 18.6 Å². The van der Waals surface area contributed by atoms with Crippen LogP contribution in [0.5, 0.6) is 0 Å². The predicted molar refractivity (Wildman–Crippen MR) is 97.5 cm³/mol. The SMILES string of the molecule is COC(=O)[C@H]1CC(=O)N(c2ccccc2-c2nc3ccccc3s2)C1. The molecule has 6 heteroatoms. The van der Waals surface area contributed by atoms with E-state index >= 15 is 0 Å². The Morgan fingerprint density at radius 3 is 2.76 bits per heavy atom. The number of carbonyl (C=O) groups is 2. The van der Waals surface area contributed by atoms with Crippen LogP contribution in [0.1, 0.15) is 6.42 Å². The molecule has 1 aliphatic rings. The largest absolute Gasteiger partial charge is 0.469 e. The van der Waals surface area contributed by atoms with Gasteiger partial charge in [0.1, 0.15) is 5.01 Å². The molecule has 1 amide bonds. The van der Waals surface area contributed by atoms with Crippen molar-refractivity contribution in [3.63, 3.8) is 0 Å². The number of esters is 1. The zero-order chi connectivity index (χ0) is 17.4. The van der Waals surface area contributed by atoms with Gasteiger partial charge in [-0.3, -0.25) is 9.59 Å². The third-order valence-corrected chi connectivity index (χ3v) is 5.45. The first-order valence-corrected chi connectivity index (χ1v) is 8.82. The zero-order valence-corrected chi connectivity index (χ0v) is 14.5. The topological polar surface area (TPSA) is 59.5 Å². The molecule has 1 aliphatic heterocycles. The van der Waals surface area contributed by atoms with Gasteiger partial charge in [-0.25, -0.2) is 4.98 Å². The van der Waals surface area contributed by atoms with Crippen molar-refractivity contribution in [2.24, 2.45) is 5.92 Å². The molecular formula is C19H16N2O3S. The maximum Gasteiger partial charge on any atom is 0.311 e. The molecule has 0 bridgehead atoms. The van der Waals surface area contributed by atoms with E-state index in [-0.39, 0.29) is 18.3 Å². The highest BCUT2D eigenvalue weighted by Crippen LogP contribution is 2.38. The molecule has 0 radical (unpaired) electrons. The molecule has 5 nitrogen and oxygen atoms in total. The summed E-state index contributed by atoms with van der Waals surface area (Å²) >= 11 is 1.60. The monoisotopic (exact) mass is 352 g/mol. The Hall–Kier alpha value is -2.73. The van der Waals surface area contributed by atoms with E-state index in [2.05, 4.69) is 0 Å². The number of thiazole rings is 1. The minimum atomic E-state index is -0.416. The first kappa shape index (κ1) is 15.8. The highest BCUT2D eigenvalue weighted by atomic mass is 32.1. The minimum Gasteiger partial charge on any atom is -0.469 e. The number of carbonyl (C=O) groups excluding carboxylic acids is 2. The van der Waals surface area contributed by atoms with Gasteiger partial charge in [-0.2, -0.15) is 0 Å². The second kappa shape index (κ2) is 6.29. The summed E-state index contributed by atoms with van der Waals surface area (Å²) in [5.41, 5.74) is 2.64. The molecular weight excluding hydrogens is 336 g/mol. The van der Waals surface area contributed by atoms with Gasteiger partial charge in [-0.1, -0.05) is 24.3 Å². The van der Waals surface area contributed by atoms with Crippen LogP contribution in [0.15, 0.2) is 48.5 Å². The number of methoxy groups -OCH3 is 1. The average molecular weight is 352 g/mol. The number of aromatic nitrogens is 1. The molecule has 25 heavy (non-hydrogen) atoms. The zero-order valence-electron chi connectivity index (χ0n) is 13.6. The number of fused-ring (bicyclic) bond motifs is 1. The summed E-state index contributed by atoms with van der Waals surface area (Å²) in [7, 11) is 1.35. The minimum absolute atomic E-state index is 0.0658. The third-order valence-electron chi connectivity index (χ3n) is 4.38. The normalized spacial score (nSPS) is 17.2. The molecule has 126 valence electrons. The summed E-state index contributed by atoms with van der Waals surface area (Å²) in [6.07, 6.45) is 0.181. The number of benzene rings is 2. The Morgan fingerprint density at radius 1 is 1.20 bits per heavy atom. The molecule has 0 spiro atoms. The molecule has 1 saturated heterocycles. The van der Waals surface area contributed by atoms with Gasteiger partial charge >= 0.3 is 5.97 Å². The highest BCUT2D eigenvalue weighted by molar-refractivity contribution is 7.21. The first-order chi connectivity index (χ1) is 12.2. The van der Waals surface area contributed by atoms with Gasteiger partial charge in [0.05, 0.1) is 28.9 Å². The van der Waals surface area contributed by atoms with Gasteiger partial charge in [0.15, 0.2) is 0 Å². The fourth-order valence-corrected chi connectivity index (χ4v) is 4.14. The van der Waals surface area contributed by atoms with Crippen molar-refractivity contribution >= 4 is 39.1 Å². The van der Waals surface area contributed by atoms with Gasteiger partial charge in [-0.15, -0.1) is 11.3 Å². The number of para-hydroxylation sites is 2. The Bertz CT molecular complexity index is 933. The van der Waals surface area contributed by atoms with Gasteiger partial charge in [0, 0.05) is 18.5 Å². The maximum absolute atomic E-state index is 12.5. The summed E-state index contributed by atoms with van der Waals surface area (Å²) in [5, 5.41) is 0.867. The van der Waals surface area contributed by atoms with Gasteiger partial charge in [-0.05, 0) is 24.3 Å². The molecule has 2 aromatic carbocycles. The maximum atomic E-state index is 12.5. The van der Waals surface area contributed by atoms with Crippen LogP contribution in [0, 0.1) is 5.92 Å². The molecule has 1 atom stereocenters. The lowest BCUT2D eigenvalue weighted by molar-refractivity contribution is -0.145.